The molecule has 0 unspecified atom stereocenters. The topological polar surface area (TPSA) is 26.3 Å². The standard InChI is InChI=1S/C14H18O2/c1-10(2)8-13(15)9-12-5-3-4-11-6-7-16-14(11)12/h3-5,10H,6-9H2,1-2H3. The number of Topliss-reactive ketones (excluding diaryl/α,β-unsaturated/α-hetero) is 1. The number of benzene rings is 1. The molecular formula is C14H18O2. The van der Waals surface area contributed by atoms with Crippen LogP contribution >= 0.6 is 0 Å². The van der Waals surface area contributed by atoms with Crippen LogP contribution in [-0.4, -0.2) is 12.4 Å². The summed E-state index contributed by atoms with van der Waals surface area (Å²) < 4.78 is 5.58. The molecule has 86 valence electrons. The zero-order chi connectivity index (χ0) is 11.5. The van der Waals surface area contributed by atoms with Crippen molar-refractivity contribution >= 4 is 5.78 Å². The second kappa shape index (κ2) is 4.69. The maximum Gasteiger partial charge on any atom is 0.137 e. The van der Waals surface area contributed by atoms with Crippen LogP contribution in [0, 0.1) is 5.92 Å². The van der Waals surface area contributed by atoms with E-state index in [4.69, 9.17) is 4.74 Å². The molecular weight excluding hydrogens is 200 g/mol. The molecule has 0 aliphatic carbocycles. The fraction of sp³-hybridized carbons (Fsp3) is 0.500. The fourth-order valence-corrected chi connectivity index (χ4v) is 2.16. The largest absolute Gasteiger partial charge is 0.493 e. The summed E-state index contributed by atoms with van der Waals surface area (Å²) in [5, 5.41) is 0. The minimum absolute atomic E-state index is 0.305. The van der Waals surface area contributed by atoms with Crippen LogP contribution in [0.25, 0.3) is 0 Å². The van der Waals surface area contributed by atoms with Crippen LogP contribution in [0.2, 0.25) is 0 Å². The van der Waals surface area contributed by atoms with Crippen LogP contribution < -0.4 is 4.74 Å². The minimum atomic E-state index is 0.305. The minimum Gasteiger partial charge on any atom is -0.493 e. The molecule has 0 fully saturated rings. The first-order chi connectivity index (χ1) is 7.66. The third-order valence-electron chi connectivity index (χ3n) is 2.82. The second-order valence-electron chi connectivity index (χ2n) is 4.82. The number of hydrogen-bond acceptors (Lipinski definition) is 2. The maximum atomic E-state index is 11.8. The van der Waals surface area contributed by atoms with Gasteiger partial charge < -0.3 is 4.74 Å². The van der Waals surface area contributed by atoms with Gasteiger partial charge in [0.25, 0.3) is 0 Å². The lowest BCUT2D eigenvalue weighted by atomic mass is 9.99. The van der Waals surface area contributed by atoms with Crippen molar-refractivity contribution in [3.63, 3.8) is 0 Å². The molecule has 1 heterocycles. The lowest BCUT2D eigenvalue weighted by molar-refractivity contribution is -0.119. The average molecular weight is 218 g/mol. The molecule has 0 radical (unpaired) electrons. The van der Waals surface area contributed by atoms with Crippen molar-refractivity contribution in [1.82, 2.24) is 0 Å². The van der Waals surface area contributed by atoms with Crippen molar-refractivity contribution in [3.05, 3.63) is 29.3 Å². The van der Waals surface area contributed by atoms with Crippen LogP contribution in [0.5, 0.6) is 5.75 Å². The zero-order valence-corrected chi connectivity index (χ0v) is 9.95. The van der Waals surface area contributed by atoms with Gasteiger partial charge in [0, 0.05) is 24.8 Å². The molecule has 1 aromatic carbocycles. The molecule has 0 N–H and O–H groups in total. The number of ether oxygens (including phenoxy) is 1. The van der Waals surface area contributed by atoms with E-state index in [0.717, 1.165) is 24.3 Å². The van der Waals surface area contributed by atoms with Crippen molar-refractivity contribution in [2.24, 2.45) is 5.92 Å². The van der Waals surface area contributed by atoms with Crippen LogP contribution in [-0.2, 0) is 17.6 Å². The van der Waals surface area contributed by atoms with Gasteiger partial charge in [0.15, 0.2) is 0 Å². The number of hydrogen-bond donors (Lipinski definition) is 0. The normalized spacial score (nSPS) is 13.7. The Morgan fingerprint density at radius 1 is 1.44 bits per heavy atom. The number of carbonyl (C=O) groups is 1. The summed E-state index contributed by atoms with van der Waals surface area (Å²) in [6, 6.07) is 6.10. The van der Waals surface area contributed by atoms with E-state index in [0.29, 0.717) is 24.5 Å². The fourth-order valence-electron chi connectivity index (χ4n) is 2.16. The molecule has 0 amide bonds. The maximum absolute atomic E-state index is 11.8. The van der Waals surface area contributed by atoms with Gasteiger partial charge in [0.2, 0.25) is 0 Å². The molecule has 2 nitrogen and oxygen atoms in total. The summed E-state index contributed by atoms with van der Waals surface area (Å²) in [5.41, 5.74) is 2.30. The number of ketones is 1. The Balaban J connectivity index is 2.10. The van der Waals surface area contributed by atoms with E-state index in [1.807, 2.05) is 12.1 Å². The SMILES string of the molecule is CC(C)CC(=O)Cc1cccc2c1OCC2. The quantitative estimate of drug-likeness (QED) is 0.776. The summed E-state index contributed by atoms with van der Waals surface area (Å²) in [6.45, 7) is 4.90. The number of fused-ring (bicyclic) bond motifs is 1. The average Bonchev–Trinajstić information content (AvgIpc) is 2.65. The third-order valence-corrected chi connectivity index (χ3v) is 2.82. The molecule has 2 rings (SSSR count). The Kier molecular flexibility index (Phi) is 3.28. The van der Waals surface area contributed by atoms with Gasteiger partial charge in [-0.1, -0.05) is 32.0 Å². The van der Waals surface area contributed by atoms with E-state index in [1.54, 1.807) is 0 Å². The first-order valence-corrected chi connectivity index (χ1v) is 5.92. The summed E-state index contributed by atoms with van der Waals surface area (Å²) in [7, 11) is 0. The van der Waals surface area contributed by atoms with Crippen molar-refractivity contribution in [1.29, 1.82) is 0 Å². The van der Waals surface area contributed by atoms with Crippen molar-refractivity contribution in [3.8, 4) is 5.75 Å². The number of rotatable bonds is 4. The molecule has 0 aromatic heterocycles. The Morgan fingerprint density at radius 2 is 2.25 bits per heavy atom. The molecule has 1 aliphatic rings. The molecule has 16 heavy (non-hydrogen) atoms. The van der Waals surface area contributed by atoms with E-state index in [-0.39, 0.29) is 0 Å². The highest BCUT2D eigenvalue weighted by Gasteiger charge is 2.17. The zero-order valence-electron chi connectivity index (χ0n) is 9.95. The highest BCUT2D eigenvalue weighted by Crippen LogP contribution is 2.30. The first-order valence-electron chi connectivity index (χ1n) is 5.92. The monoisotopic (exact) mass is 218 g/mol. The molecule has 0 bridgehead atoms. The van der Waals surface area contributed by atoms with Gasteiger partial charge in [-0.2, -0.15) is 0 Å². The lowest BCUT2D eigenvalue weighted by Gasteiger charge is -2.08. The van der Waals surface area contributed by atoms with E-state index < -0.39 is 0 Å². The second-order valence-corrected chi connectivity index (χ2v) is 4.82. The van der Waals surface area contributed by atoms with Crippen LogP contribution in [0.1, 0.15) is 31.4 Å². The van der Waals surface area contributed by atoms with Gasteiger partial charge in [-0.3, -0.25) is 4.79 Å². The molecule has 2 heteroatoms. The lowest BCUT2D eigenvalue weighted by Crippen LogP contribution is -2.07. The molecule has 0 atom stereocenters. The Morgan fingerprint density at radius 3 is 3.00 bits per heavy atom. The van der Waals surface area contributed by atoms with Crippen LogP contribution in [0.15, 0.2) is 18.2 Å². The van der Waals surface area contributed by atoms with Gasteiger partial charge in [0.05, 0.1) is 6.61 Å². The predicted octanol–water partition coefficient (Wildman–Crippen LogP) is 2.78. The Hall–Kier alpha value is -1.31. The number of para-hydroxylation sites is 1. The van der Waals surface area contributed by atoms with Gasteiger partial charge >= 0.3 is 0 Å². The van der Waals surface area contributed by atoms with Gasteiger partial charge in [0.1, 0.15) is 11.5 Å². The Labute approximate surface area is 96.6 Å². The molecule has 1 aromatic rings. The van der Waals surface area contributed by atoms with E-state index in [9.17, 15) is 4.79 Å². The van der Waals surface area contributed by atoms with Crippen LogP contribution in [0.3, 0.4) is 0 Å². The van der Waals surface area contributed by atoms with Crippen molar-refractivity contribution < 1.29 is 9.53 Å². The van der Waals surface area contributed by atoms with E-state index >= 15 is 0 Å². The third kappa shape index (κ3) is 2.43. The Bertz CT molecular complexity index is 394. The van der Waals surface area contributed by atoms with Crippen molar-refractivity contribution in [2.45, 2.75) is 33.1 Å². The summed E-state index contributed by atoms with van der Waals surface area (Å²) in [6.07, 6.45) is 2.15. The summed E-state index contributed by atoms with van der Waals surface area (Å²) >= 11 is 0. The molecule has 0 saturated heterocycles. The summed E-state index contributed by atoms with van der Waals surface area (Å²) in [5.74, 6) is 1.70. The van der Waals surface area contributed by atoms with Gasteiger partial charge in [-0.15, -0.1) is 0 Å². The smallest absolute Gasteiger partial charge is 0.137 e. The molecule has 1 aliphatic heterocycles. The predicted molar refractivity (Wildman–Crippen MR) is 63.8 cm³/mol. The number of carbonyl (C=O) groups excluding carboxylic acids is 1. The molecule has 0 saturated carbocycles. The highest BCUT2D eigenvalue weighted by atomic mass is 16.5. The van der Waals surface area contributed by atoms with E-state index in [2.05, 4.69) is 19.9 Å². The first kappa shape index (κ1) is 11.2. The van der Waals surface area contributed by atoms with Crippen LogP contribution in [0.4, 0.5) is 0 Å². The molecule has 0 spiro atoms. The van der Waals surface area contributed by atoms with E-state index in [1.165, 1.54) is 5.56 Å². The summed E-state index contributed by atoms with van der Waals surface area (Å²) in [4.78, 5) is 11.8. The van der Waals surface area contributed by atoms with Gasteiger partial charge in [-0.25, -0.2) is 0 Å². The van der Waals surface area contributed by atoms with Gasteiger partial charge in [-0.05, 0) is 11.5 Å². The highest BCUT2D eigenvalue weighted by molar-refractivity contribution is 5.81. The van der Waals surface area contributed by atoms with Crippen molar-refractivity contribution in [2.75, 3.05) is 6.61 Å².